The summed E-state index contributed by atoms with van der Waals surface area (Å²) in [6.45, 7) is 5.68. The van der Waals surface area contributed by atoms with Gasteiger partial charge < -0.3 is 15.8 Å². The molecule has 0 saturated heterocycles. The second-order valence-corrected chi connectivity index (χ2v) is 12.1. The maximum Gasteiger partial charge on any atom is 0.416 e. The first-order chi connectivity index (χ1) is 17.8. The van der Waals surface area contributed by atoms with Crippen molar-refractivity contribution in [2.24, 2.45) is 0 Å². The fraction of sp³-hybridized carbons (Fsp3) is 0.462. The van der Waals surface area contributed by atoms with E-state index in [9.17, 15) is 21.6 Å². The second-order valence-electron chi connectivity index (χ2n) is 9.77. The summed E-state index contributed by atoms with van der Waals surface area (Å²) < 4.78 is 72.4. The predicted octanol–water partition coefficient (Wildman–Crippen LogP) is 5.21. The number of anilines is 2. The molecule has 1 heterocycles. The topological polar surface area (TPSA) is 110 Å². The molecule has 1 aliphatic rings. The molecule has 8 nitrogen and oxygen atoms in total. The molecular weight excluding hydrogens is 519 g/mol. The maximum absolute atomic E-state index is 13.3. The average Bonchev–Trinajstić information content (AvgIpc) is 2.77. The minimum absolute atomic E-state index is 0.0165. The summed E-state index contributed by atoms with van der Waals surface area (Å²) in [6, 6.07) is 6.52. The van der Waals surface area contributed by atoms with Gasteiger partial charge in [-0.1, -0.05) is 6.42 Å². The molecule has 1 aliphatic carbocycles. The first-order valence-electron chi connectivity index (χ1n) is 12.4. The lowest BCUT2D eigenvalue weighted by Crippen LogP contribution is -2.41. The lowest BCUT2D eigenvalue weighted by molar-refractivity contribution is -0.137. The zero-order valence-electron chi connectivity index (χ0n) is 21.8. The van der Waals surface area contributed by atoms with Crippen molar-refractivity contribution in [1.82, 2.24) is 14.3 Å². The van der Waals surface area contributed by atoms with Crippen molar-refractivity contribution in [3.8, 4) is 5.75 Å². The highest BCUT2D eigenvalue weighted by Gasteiger charge is 2.34. The Morgan fingerprint density at radius 2 is 1.87 bits per heavy atom. The van der Waals surface area contributed by atoms with Crippen LogP contribution in [0.1, 0.15) is 54.7 Å². The molecule has 206 valence electrons. The van der Waals surface area contributed by atoms with Crippen LogP contribution in [0.5, 0.6) is 5.75 Å². The number of aromatic nitrogens is 2. The van der Waals surface area contributed by atoms with Crippen LogP contribution in [0, 0.1) is 13.8 Å². The van der Waals surface area contributed by atoms with E-state index in [4.69, 9.17) is 10.5 Å². The van der Waals surface area contributed by atoms with Gasteiger partial charge in [0.05, 0.1) is 22.4 Å². The number of nitrogens with two attached hydrogens (primary N) is 1. The van der Waals surface area contributed by atoms with Gasteiger partial charge in [-0.15, -0.1) is 0 Å². The van der Waals surface area contributed by atoms with Crippen LogP contribution in [-0.4, -0.2) is 48.1 Å². The lowest BCUT2D eigenvalue weighted by atomic mass is 10.0. The first kappa shape index (κ1) is 27.9. The van der Waals surface area contributed by atoms with Gasteiger partial charge in [-0.05, 0) is 75.1 Å². The molecule has 1 fully saturated rings. The van der Waals surface area contributed by atoms with Crippen molar-refractivity contribution in [1.29, 1.82) is 0 Å². The molecule has 0 bridgehead atoms. The van der Waals surface area contributed by atoms with E-state index in [-0.39, 0.29) is 24.1 Å². The van der Waals surface area contributed by atoms with Crippen LogP contribution in [0.15, 0.2) is 30.3 Å². The molecule has 0 aliphatic heterocycles. The minimum Gasteiger partial charge on any atom is -0.492 e. The van der Waals surface area contributed by atoms with Crippen molar-refractivity contribution in [2.75, 3.05) is 31.2 Å². The number of alkyl halides is 3. The Kier molecular flexibility index (Phi) is 7.76. The fourth-order valence-corrected chi connectivity index (χ4v) is 6.12. The number of nitrogens with one attached hydrogen (secondary N) is 1. The molecule has 2 aromatic carbocycles. The third-order valence-corrected chi connectivity index (χ3v) is 9.20. The smallest absolute Gasteiger partial charge is 0.416 e. The van der Waals surface area contributed by atoms with Gasteiger partial charge >= 0.3 is 6.18 Å². The summed E-state index contributed by atoms with van der Waals surface area (Å²) in [6.07, 6.45) is -2.20. The van der Waals surface area contributed by atoms with E-state index >= 15 is 0 Å². The van der Waals surface area contributed by atoms with Gasteiger partial charge in [0.2, 0.25) is 10.0 Å². The van der Waals surface area contributed by atoms with Crippen LogP contribution in [0.3, 0.4) is 0 Å². The summed E-state index contributed by atoms with van der Waals surface area (Å²) in [5.41, 5.74) is 6.76. The van der Waals surface area contributed by atoms with Crippen molar-refractivity contribution in [3.63, 3.8) is 0 Å². The third-order valence-electron chi connectivity index (χ3n) is 6.83. The van der Waals surface area contributed by atoms with Crippen molar-refractivity contribution < 1.29 is 26.3 Å². The average molecular weight is 552 g/mol. The highest BCUT2D eigenvalue weighted by Crippen LogP contribution is 2.35. The normalized spacial score (nSPS) is 15.5. The van der Waals surface area contributed by atoms with Crippen molar-refractivity contribution in [2.45, 2.75) is 57.5 Å². The number of nitrogens with zero attached hydrogens (tertiary/aromatic N) is 3. The molecule has 0 unspecified atom stereocenters. The van der Waals surface area contributed by atoms with Crippen LogP contribution in [0.2, 0.25) is 0 Å². The first-order valence-corrected chi connectivity index (χ1v) is 13.9. The highest BCUT2D eigenvalue weighted by atomic mass is 32.2. The van der Waals surface area contributed by atoms with Gasteiger partial charge in [-0.2, -0.15) is 13.2 Å². The molecule has 1 atom stereocenters. The Labute approximate surface area is 220 Å². The van der Waals surface area contributed by atoms with E-state index in [1.54, 1.807) is 27.0 Å². The maximum atomic E-state index is 13.3. The fourth-order valence-electron chi connectivity index (χ4n) is 4.36. The van der Waals surface area contributed by atoms with Gasteiger partial charge in [0.25, 0.3) is 0 Å². The van der Waals surface area contributed by atoms with E-state index in [0.29, 0.717) is 46.7 Å². The molecule has 4 rings (SSSR count). The number of likely N-dealkylation sites (N-methyl/N-ethyl adjacent to an activating group) is 1. The Bertz CT molecular complexity index is 1440. The summed E-state index contributed by atoms with van der Waals surface area (Å²) in [5, 5.41) is 3.51. The number of fused-ring (bicyclic) bond motifs is 1. The van der Waals surface area contributed by atoms with Crippen LogP contribution < -0.4 is 15.8 Å². The van der Waals surface area contributed by atoms with Crippen LogP contribution in [0.25, 0.3) is 10.9 Å². The van der Waals surface area contributed by atoms with E-state index in [0.717, 1.165) is 24.1 Å². The standard InChI is InChI=1S/C26H32F3N5O3S/c1-15-10-23-22(14-24(15)37-9-8-34(4)38(35,36)21-6-5-7-21)25(33-17(3)32-23)31-16(2)18-11-19(26(27,28)29)13-20(30)12-18/h10-14,16,21H,5-9,30H2,1-4H3,(H,31,32,33)/t16-/m1/s1. The minimum atomic E-state index is -4.52. The van der Waals surface area contributed by atoms with Crippen LogP contribution >= 0.6 is 0 Å². The van der Waals surface area contributed by atoms with Gasteiger partial charge in [0, 0.05) is 24.7 Å². The second kappa shape index (κ2) is 10.6. The van der Waals surface area contributed by atoms with Gasteiger partial charge in [-0.3, -0.25) is 0 Å². The van der Waals surface area contributed by atoms with Crippen LogP contribution in [0.4, 0.5) is 24.7 Å². The summed E-state index contributed by atoms with van der Waals surface area (Å²) in [5.74, 6) is 1.47. The highest BCUT2D eigenvalue weighted by molar-refractivity contribution is 7.89. The zero-order valence-corrected chi connectivity index (χ0v) is 22.6. The molecule has 0 amide bonds. The Hall–Kier alpha value is -3.12. The predicted molar refractivity (Wildman–Crippen MR) is 142 cm³/mol. The summed E-state index contributed by atoms with van der Waals surface area (Å²) >= 11 is 0. The molecule has 1 aromatic heterocycles. The van der Waals surface area contributed by atoms with E-state index in [1.165, 1.54) is 10.4 Å². The molecule has 0 spiro atoms. The number of sulfonamides is 1. The van der Waals surface area contributed by atoms with Gasteiger partial charge in [-0.25, -0.2) is 22.7 Å². The molecule has 0 radical (unpaired) electrons. The Morgan fingerprint density at radius 1 is 1.16 bits per heavy atom. The largest absolute Gasteiger partial charge is 0.492 e. The zero-order chi connectivity index (χ0) is 27.8. The third kappa shape index (κ3) is 5.96. The monoisotopic (exact) mass is 551 g/mol. The quantitative estimate of drug-likeness (QED) is 0.351. The van der Waals surface area contributed by atoms with Gasteiger partial charge in [0.1, 0.15) is 24.0 Å². The number of ether oxygens (including phenoxy) is 1. The Morgan fingerprint density at radius 3 is 2.50 bits per heavy atom. The van der Waals surface area contributed by atoms with Crippen molar-refractivity contribution in [3.05, 3.63) is 52.8 Å². The number of hydrogen-bond donors (Lipinski definition) is 2. The number of nitrogen functional groups attached to an aromatic ring is 1. The number of hydrogen-bond acceptors (Lipinski definition) is 7. The number of rotatable bonds is 9. The summed E-state index contributed by atoms with van der Waals surface area (Å²) in [4.78, 5) is 8.98. The number of aryl methyl sites for hydroxylation is 2. The number of benzene rings is 2. The molecule has 38 heavy (non-hydrogen) atoms. The van der Waals surface area contributed by atoms with E-state index in [2.05, 4.69) is 15.3 Å². The van der Waals surface area contributed by atoms with Crippen LogP contribution in [-0.2, 0) is 16.2 Å². The number of halogens is 3. The molecular formula is C26H32F3N5O3S. The molecule has 1 saturated carbocycles. The van der Waals surface area contributed by atoms with E-state index in [1.807, 2.05) is 13.0 Å². The van der Waals surface area contributed by atoms with Gasteiger partial charge in [0.15, 0.2) is 0 Å². The summed E-state index contributed by atoms with van der Waals surface area (Å²) in [7, 11) is -1.76. The van der Waals surface area contributed by atoms with Crippen molar-refractivity contribution >= 4 is 32.4 Å². The molecule has 12 heteroatoms. The molecule has 3 aromatic rings. The van der Waals surface area contributed by atoms with E-state index < -0.39 is 27.8 Å². The lowest BCUT2D eigenvalue weighted by Gasteiger charge is -2.29. The SMILES string of the molecule is Cc1nc(N[C@H](C)c2cc(N)cc(C(F)(F)F)c2)c2cc(OCCN(C)S(=O)(=O)C3CCC3)c(C)cc2n1. The Balaban J connectivity index is 1.56. The molecule has 3 N–H and O–H groups in total.